The normalized spacial score (nSPS) is 10.5. The van der Waals surface area contributed by atoms with Gasteiger partial charge in [0, 0.05) is 19.2 Å². The molecular weight excluding hydrogens is 310 g/mol. The highest BCUT2D eigenvalue weighted by atomic mass is 32.2. The first kappa shape index (κ1) is 17.6. The number of nitriles is 1. The largest absolute Gasteiger partial charge is 0.450 e. The van der Waals surface area contributed by atoms with Crippen LogP contribution in [-0.2, 0) is 24.3 Å². The van der Waals surface area contributed by atoms with Crippen molar-refractivity contribution in [3.63, 3.8) is 0 Å². The topological polar surface area (TPSA) is 125 Å². The summed E-state index contributed by atoms with van der Waals surface area (Å²) in [4.78, 5) is 22.0. The maximum absolute atomic E-state index is 12.0. The number of carbonyl (C=O) groups is 2. The minimum Gasteiger partial charge on any atom is -0.450 e. The molecule has 0 atom stereocenters. The van der Waals surface area contributed by atoms with Gasteiger partial charge in [0.05, 0.1) is 11.3 Å². The van der Waals surface area contributed by atoms with Crippen LogP contribution in [0, 0.1) is 11.3 Å². The molecule has 0 aliphatic heterocycles. The lowest BCUT2D eigenvalue weighted by molar-refractivity contribution is -0.142. The van der Waals surface area contributed by atoms with E-state index in [0.717, 1.165) is 0 Å². The quantitative estimate of drug-likeness (QED) is 0.698. The minimum atomic E-state index is -3.76. The lowest BCUT2D eigenvalue weighted by Crippen LogP contribution is -2.26. The summed E-state index contributed by atoms with van der Waals surface area (Å²) >= 11 is 0. The Balaban J connectivity index is 2.57. The maximum Gasteiger partial charge on any atom is 0.308 e. The second-order valence-corrected chi connectivity index (χ2v) is 5.94. The number of hydrogen-bond acceptors (Lipinski definition) is 6. The molecule has 1 rings (SSSR count). The first-order valence-corrected chi connectivity index (χ1v) is 7.73. The summed E-state index contributed by atoms with van der Waals surface area (Å²) in [5.41, 5.74) is 0.478. The first-order chi connectivity index (χ1) is 10.3. The molecule has 0 heterocycles. The van der Waals surface area contributed by atoms with Gasteiger partial charge in [-0.05, 0) is 24.3 Å². The smallest absolute Gasteiger partial charge is 0.308 e. The van der Waals surface area contributed by atoms with E-state index < -0.39 is 16.0 Å². The van der Waals surface area contributed by atoms with E-state index in [1.54, 1.807) is 6.07 Å². The molecule has 0 aliphatic carbocycles. The van der Waals surface area contributed by atoms with Crippen LogP contribution < -0.4 is 10.0 Å². The van der Waals surface area contributed by atoms with Crippen LogP contribution in [0.15, 0.2) is 29.2 Å². The van der Waals surface area contributed by atoms with Gasteiger partial charge < -0.3 is 10.1 Å². The molecular formula is C13H15N3O5S. The molecule has 0 spiro atoms. The van der Waals surface area contributed by atoms with Crippen molar-refractivity contribution in [2.45, 2.75) is 18.2 Å². The van der Waals surface area contributed by atoms with E-state index in [2.05, 4.69) is 14.8 Å². The Morgan fingerprint density at radius 1 is 1.27 bits per heavy atom. The Labute approximate surface area is 128 Å². The highest BCUT2D eigenvalue weighted by Crippen LogP contribution is 2.13. The van der Waals surface area contributed by atoms with Gasteiger partial charge in [0.25, 0.3) is 0 Å². The van der Waals surface area contributed by atoms with Crippen molar-refractivity contribution in [1.82, 2.24) is 4.72 Å². The van der Waals surface area contributed by atoms with Crippen molar-refractivity contribution in [3.05, 3.63) is 24.3 Å². The number of sulfonamides is 1. The van der Waals surface area contributed by atoms with Gasteiger partial charge >= 0.3 is 5.97 Å². The van der Waals surface area contributed by atoms with Crippen LogP contribution >= 0.6 is 0 Å². The SMILES string of the molecule is CC(=O)Nc1ccc(S(=O)(=O)NCCC(=O)OCC#N)cc1. The maximum atomic E-state index is 12.0. The lowest BCUT2D eigenvalue weighted by atomic mass is 10.3. The number of ether oxygens (including phenoxy) is 1. The molecule has 9 heteroatoms. The molecule has 22 heavy (non-hydrogen) atoms. The number of carbonyl (C=O) groups excluding carboxylic acids is 2. The van der Waals surface area contributed by atoms with Gasteiger partial charge in [-0.15, -0.1) is 0 Å². The van der Waals surface area contributed by atoms with Gasteiger partial charge in [-0.1, -0.05) is 0 Å². The van der Waals surface area contributed by atoms with E-state index in [1.165, 1.54) is 31.2 Å². The second kappa shape index (κ2) is 8.11. The summed E-state index contributed by atoms with van der Waals surface area (Å²) < 4.78 is 30.6. The monoisotopic (exact) mass is 325 g/mol. The highest BCUT2D eigenvalue weighted by molar-refractivity contribution is 7.89. The molecule has 1 aromatic carbocycles. The van der Waals surface area contributed by atoms with Crippen molar-refractivity contribution in [1.29, 1.82) is 5.26 Å². The van der Waals surface area contributed by atoms with Crippen LogP contribution in [0.4, 0.5) is 5.69 Å². The van der Waals surface area contributed by atoms with E-state index in [9.17, 15) is 18.0 Å². The Kier molecular flexibility index (Phi) is 6.49. The van der Waals surface area contributed by atoms with Crippen LogP contribution in [0.25, 0.3) is 0 Å². The van der Waals surface area contributed by atoms with Crippen molar-refractivity contribution in [2.24, 2.45) is 0 Å². The zero-order valence-electron chi connectivity index (χ0n) is 11.8. The van der Waals surface area contributed by atoms with Crippen LogP contribution in [0.3, 0.4) is 0 Å². The minimum absolute atomic E-state index is 0.00648. The van der Waals surface area contributed by atoms with E-state index in [1.807, 2.05) is 0 Å². The Bertz CT molecular complexity index is 677. The number of nitrogens with one attached hydrogen (secondary N) is 2. The summed E-state index contributed by atoms with van der Waals surface area (Å²) in [6.07, 6.45) is -0.176. The number of amides is 1. The van der Waals surface area contributed by atoms with Crippen LogP contribution in [-0.4, -0.2) is 33.4 Å². The molecule has 118 valence electrons. The Morgan fingerprint density at radius 2 is 1.91 bits per heavy atom. The third kappa shape index (κ3) is 5.90. The van der Waals surface area contributed by atoms with Crippen molar-refractivity contribution >= 4 is 27.6 Å². The van der Waals surface area contributed by atoms with Gasteiger partial charge in [-0.25, -0.2) is 13.1 Å². The molecule has 1 aromatic rings. The number of hydrogen-bond donors (Lipinski definition) is 2. The van der Waals surface area contributed by atoms with Crippen molar-refractivity contribution in [2.75, 3.05) is 18.5 Å². The van der Waals surface area contributed by atoms with Gasteiger partial charge in [0.2, 0.25) is 15.9 Å². The van der Waals surface area contributed by atoms with Gasteiger partial charge in [-0.3, -0.25) is 9.59 Å². The molecule has 0 saturated heterocycles. The molecule has 0 radical (unpaired) electrons. The molecule has 1 amide bonds. The van der Waals surface area contributed by atoms with E-state index in [4.69, 9.17) is 5.26 Å². The molecule has 0 aliphatic rings. The van der Waals surface area contributed by atoms with Gasteiger partial charge in [0.1, 0.15) is 6.07 Å². The summed E-state index contributed by atoms with van der Waals surface area (Å²) in [7, 11) is -3.76. The standard InChI is InChI=1S/C13H15N3O5S/c1-10(17)16-11-2-4-12(5-3-11)22(19,20)15-8-6-13(18)21-9-7-14/h2-5,15H,6,8-9H2,1H3,(H,16,17). The predicted octanol–water partition coefficient (Wildman–Crippen LogP) is 0.380. The van der Waals surface area contributed by atoms with Crippen LogP contribution in [0.2, 0.25) is 0 Å². The second-order valence-electron chi connectivity index (χ2n) is 4.17. The summed E-state index contributed by atoms with van der Waals surface area (Å²) in [6, 6.07) is 7.22. The third-order valence-corrected chi connectivity index (χ3v) is 3.88. The number of rotatable bonds is 7. The average molecular weight is 325 g/mol. The average Bonchev–Trinajstić information content (AvgIpc) is 2.45. The third-order valence-electron chi connectivity index (χ3n) is 2.40. The summed E-state index contributed by atoms with van der Waals surface area (Å²) in [6.45, 7) is 0.841. The highest BCUT2D eigenvalue weighted by Gasteiger charge is 2.14. The zero-order chi connectivity index (χ0) is 16.6. The van der Waals surface area contributed by atoms with Gasteiger partial charge in [-0.2, -0.15) is 5.26 Å². The lowest BCUT2D eigenvalue weighted by Gasteiger charge is -2.07. The fourth-order valence-electron chi connectivity index (χ4n) is 1.48. The molecule has 0 aromatic heterocycles. The molecule has 8 nitrogen and oxygen atoms in total. The fourth-order valence-corrected chi connectivity index (χ4v) is 2.51. The molecule has 0 unspecified atom stereocenters. The van der Waals surface area contributed by atoms with E-state index in [0.29, 0.717) is 5.69 Å². The predicted molar refractivity (Wildman–Crippen MR) is 77.1 cm³/mol. The first-order valence-electron chi connectivity index (χ1n) is 6.25. The summed E-state index contributed by atoms with van der Waals surface area (Å²) in [5, 5.41) is 10.7. The molecule has 0 bridgehead atoms. The number of anilines is 1. The molecule has 2 N–H and O–H groups in total. The zero-order valence-corrected chi connectivity index (χ0v) is 12.6. The number of nitrogens with zero attached hydrogens (tertiary/aromatic N) is 1. The van der Waals surface area contributed by atoms with Crippen LogP contribution in [0.5, 0.6) is 0 Å². The van der Waals surface area contributed by atoms with Crippen molar-refractivity contribution < 1.29 is 22.7 Å². The van der Waals surface area contributed by atoms with Gasteiger partial charge in [0.15, 0.2) is 6.61 Å². The van der Waals surface area contributed by atoms with E-state index >= 15 is 0 Å². The number of benzene rings is 1. The molecule has 0 saturated carbocycles. The fraction of sp³-hybridized carbons (Fsp3) is 0.308. The van der Waals surface area contributed by atoms with Crippen LogP contribution in [0.1, 0.15) is 13.3 Å². The Morgan fingerprint density at radius 3 is 2.45 bits per heavy atom. The van der Waals surface area contributed by atoms with Crippen molar-refractivity contribution in [3.8, 4) is 6.07 Å². The molecule has 0 fully saturated rings. The number of esters is 1. The summed E-state index contributed by atoms with van der Waals surface area (Å²) in [5.74, 6) is -0.921. The van der Waals surface area contributed by atoms with E-state index in [-0.39, 0.29) is 30.4 Å². The Hall–Kier alpha value is -2.44.